The molecule has 1 rings (SSSR count). The third kappa shape index (κ3) is 6.68. The first-order valence-corrected chi connectivity index (χ1v) is 7.17. The Morgan fingerprint density at radius 3 is 2.50 bits per heavy atom. The van der Waals surface area contributed by atoms with Crippen LogP contribution in [0.5, 0.6) is 0 Å². The molecule has 0 heterocycles. The molecule has 0 radical (unpaired) electrons. The number of rotatable bonds is 9. The number of carbonyl (C=O) groups is 1. The average Bonchev–Trinajstić information content (AvgIpc) is 2.44. The van der Waals surface area contributed by atoms with Crippen molar-refractivity contribution < 1.29 is 18.8 Å². The van der Waals surface area contributed by atoms with Gasteiger partial charge in [-0.15, -0.1) is 0 Å². The van der Waals surface area contributed by atoms with Crippen LogP contribution in [0.1, 0.15) is 30.1 Å². The SMILES string of the molecule is CCCCOC[N+](C)(C)CCOC(=O)c1ccccc1. The second-order valence-electron chi connectivity index (χ2n) is 5.55. The van der Waals surface area contributed by atoms with Crippen LogP contribution in [0.15, 0.2) is 30.3 Å². The fraction of sp³-hybridized carbons (Fsp3) is 0.562. The van der Waals surface area contributed by atoms with E-state index in [9.17, 15) is 4.79 Å². The normalized spacial score (nSPS) is 11.3. The van der Waals surface area contributed by atoms with Crippen molar-refractivity contribution in [3.8, 4) is 0 Å². The molecule has 112 valence electrons. The molecule has 1 aromatic rings. The third-order valence-electron chi connectivity index (χ3n) is 3.02. The molecule has 0 N–H and O–H groups in total. The van der Waals surface area contributed by atoms with Crippen molar-refractivity contribution in [3.05, 3.63) is 35.9 Å². The van der Waals surface area contributed by atoms with E-state index in [-0.39, 0.29) is 5.97 Å². The van der Waals surface area contributed by atoms with Gasteiger partial charge in [-0.2, -0.15) is 0 Å². The molecule has 0 saturated heterocycles. The van der Waals surface area contributed by atoms with Gasteiger partial charge in [0, 0.05) is 0 Å². The monoisotopic (exact) mass is 280 g/mol. The lowest BCUT2D eigenvalue weighted by molar-refractivity contribution is -0.909. The number of quaternary nitrogens is 1. The molecule has 0 spiro atoms. The zero-order chi connectivity index (χ0) is 14.8. The summed E-state index contributed by atoms with van der Waals surface area (Å²) in [5, 5.41) is 0. The topological polar surface area (TPSA) is 35.5 Å². The fourth-order valence-electron chi connectivity index (χ4n) is 1.67. The molecule has 4 heteroatoms. The second-order valence-corrected chi connectivity index (χ2v) is 5.55. The Morgan fingerprint density at radius 1 is 1.15 bits per heavy atom. The predicted molar refractivity (Wildman–Crippen MR) is 79.4 cm³/mol. The maximum absolute atomic E-state index is 11.8. The number of nitrogens with zero attached hydrogens (tertiary/aromatic N) is 1. The number of hydrogen-bond acceptors (Lipinski definition) is 3. The summed E-state index contributed by atoms with van der Waals surface area (Å²) in [7, 11) is 4.14. The third-order valence-corrected chi connectivity index (χ3v) is 3.02. The van der Waals surface area contributed by atoms with Gasteiger partial charge in [-0.25, -0.2) is 4.79 Å². The van der Waals surface area contributed by atoms with Crippen molar-refractivity contribution in [1.29, 1.82) is 0 Å². The van der Waals surface area contributed by atoms with Crippen LogP contribution in [0.3, 0.4) is 0 Å². The minimum Gasteiger partial charge on any atom is -0.456 e. The van der Waals surface area contributed by atoms with Gasteiger partial charge in [0.2, 0.25) is 0 Å². The Balaban J connectivity index is 2.23. The van der Waals surface area contributed by atoms with Crippen LogP contribution < -0.4 is 0 Å². The van der Waals surface area contributed by atoms with E-state index in [1.807, 2.05) is 18.2 Å². The summed E-state index contributed by atoms with van der Waals surface area (Å²) in [4.78, 5) is 11.8. The van der Waals surface area contributed by atoms with E-state index in [0.29, 0.717) is 23.4 Å². The van der Waals surface area contributed by atoms with Gasteiger partial charge in [0.15, 0.2) is 6.73 Å². The molecule has 0 aromatic heterocycles. The molecule has 20 heavy (non-hydrogen) atoms. The smallest absolute Gasteiger partial charge is 0.338 e. The maximum atomic E-state index is 11.8. The summed E-state index contributed by atoms with van der Waals surface area (Å²) in [6, 6.07) is 9.06. The number of likely N-dealkylation sites (N-methyl/N-ethyl adjacent to an activating group) is 1. The van der Waals surface area contributed by atoms with Crippen molar-refractivity contribution in [1.82, 2.24) is 0 Å². The molecule has 0 amide bonds. The van der Waals surface area contributed by atoms with Crippen LogP contribution in [0.4, 0.5) is 0 Å². The van der Waals surface area contributed by atoms with Gasteiger partial charge in [-0.05, 0) is 18.6 Å². The lowest BCUT2D eigenvalue weighted by atomic mass is 10.2. The van der Waals surface area contributed by atoms with Crippen LogP contribution in [0, 0.1) is 0 Å². The van der Waals surface area contributed by atoms with Crippen LogP contribution in [-0.4, -0.2) is 51.0 Å². The predicted octanol–water partition coefficient (Wildman–Crippen LogP) is 2.69. The second kappa shape index (κ2) is 8.72. The average molecular weight is 280 g/mol. The zero-order valence-electron chi connectivity index (χ0n) is 12.8. The molecule has 0 fully saturated rings. The Hall–Kier alpha value is -1.39. The van der Waals surface area contributed by atoms with Crippen molar-refractivity contribution in [2.24, 2.45) is 0 Å². The largest absolute Gasteiger partial charge is 0.456 e. The Bertz CT molecular complexity index is 390. The van der Waals surface area contributed by atoms with E-state index in [2.05, 4.69) is 21.0 Å². The molecule has 0 bridgehead atoms. The number of esters is 1. The first kappa shape index (κ1) is 16.7. The van der Waals surface area contributed by atoms with E-state index >= 15 is 0 Å². The van der Waals surface area contributed by atoms with Crippen molar-refractivity contribution in [3.63, 3.8) is 0 Å². The highest BCUT2D eigenvalue weighted by atomic mass is 16.5. The molecule has 0 unspecified atom stereocenters. The number of unbranched alkanes of at least 4 members (excludes halogenated alkanes) is 1. The van der Waals surface area contributed by atoms with Gasteiger partial charge in [0.25, 0.3) is 0 Å². The molecule has 1 aromatic carbocycles. The van der Waals surface area contributed by atoms with Crippen molar-refractivity contribution in [2.75, 3.05) is 40.6 Å². The molecule has 0 atom stereocenters. The van der Waals surface area contributed by atoms with Gasteiger partial charge in [0.05, 0.1) is 26.3 Å². The minimum atomic E-state index is -0.266. The highest BCUT2D eigenvalue weighted by Crippen LogP contribution is 2.03. The Labute approximate surface area is 121 Å². The van der Waals surface area contributed by atoms with Crippen molar-refractivity contribution in [2.45, 2.75) is 19.8 Å². The number of carbonyl (C=O) groups excluding carboxylic acids is 1. The Kier molecular flexibility index (Phi) is 7.26. The molecule has 0 aliphatic carbocycles. The van der Waals surface area contributed by atoms with Gasteiger partial charge >= 0.3 is 5.97 Å². The zero-order valence-corrected chi connectivity index (χ0v) is 12.8. The molecule has 0 aliphatic rings. The summed E-state index contributed by atoms with van der Waals surface area (Å²) < 4.78 is 11.6. The summed E-state index contributed by atoms with van der Waals surface area (Å²) >= 11 is 0. The lowest BCUT2D eigenvalue weighted by Crippen LogP contribution is -2.44. The van der Waals surface area contributed by atoms with Gasteiger partial charge in [0.1, 0.15) is 13.2 Å². The Morgan fingerprint density at radius 2 is 1.85 bits per heavy atom. The molecule has 0 saturated carbocycles. The highest BCUT2D eigenvalue weighted by molar-refractivity contribution is 5.89. The first-order valence-electron chi connectivity index (χ1n) is 7.17. The maximum Gasteiger partial charge on any atom is 0.338 e. The number of ether oxygens (including phenoxy) is 2. The molecule has 4 nitrogen and oxygen atoms in total. The molecule has 0 aliphatic heterocycles. The summed E-state index contributed by atoms with van der Waals surface area (Å²) in [5.41, 5.74) is 0.594. The van der Waals surface area contributed by atoms with E-state index in [1.54, 1.807) is 12.1 Å². The fourth-order valence-corrected chi connectivity index (χ4v) is 1.67. The van der Waals surface area contributed by atoms with Crippen LogP contribution >= 0.6 is 0 Å². The number of benzene rings is 1. The summed E-state index contributed by atoms with van der Waals surface area (Å²) in [6.45, 7) is 4.72. The van der Waals surface area contributed by atoms with E-state index < -0.39 is 0 Å². The molecular weight excluding hydrogens is 254 g/mol. The quantitative estimate of drug-likeness (QED) is 0.302. The summed E-state index contributed by atoms with van der Waals surface area (Å²) in [6.07, 6.45) is 2.23. The van der Waals surface area contributed by atoms with Crippen LogP contribution in [0.2, 0.25) is 0 Å². The van der Waals surface area contributed by atoms with Gasteiger partial charge in [-0.3, -0.25) is 0 Å². The van der Waals surface area contributed by atoms with Crippen LogP contribution in [-0.2, 0) is 9.47 Å². The van der Waals surface area contributed by atoms with E-state index in [0.717, 1.165) is 26.0 Å². The standard InChI is InChI=1S/C16H26NO3/c1-4-5-12-19-14-17(2,3)11-13-20-16(18)15-9-7-6-8-10-15/h6-10H,4-5,11-14H2,1-3H3/q+1. The molecular formula is C16H26NO3+. The van der Waals surface area contributed by atoms with E-state index in [1.165, 1.54) is 0 Å². The minimum absolute atomic E-state index is 0.266. The van der Waals surface area contributed by atoms with Gasteiger partial charge in [-0.1, -0.05) is 31.5 Å². The lowest BCUT2D eigenvalue weighted by Gasteiger charge is -2.28. The first-order chi connectivity index (χ1) is 9.55. The van der Waals surface area contributed by atoms with Crippen molar-refractivity contribution >= 4 is 5.97 Å². The van der Waals surface area contributed by atoms with Crippen LogP contribution in [0.25, 0.3) is 0 Å². The number of hydrogen-bond donors (Lipinski definition) is 0. The highest BCUT2D eigenvalue weighted by Gasteiger charge is 2.16. The summed E-state index contributed by atoms with van der Waals surface area (Å²) in [5.74, 6) is -0.266. The van der Waals surface area contributed by atoms with E-state index in [4.69, 9.17) is 9.47 Å². The van der Waals surface area contributed by atoms with Gasteiger partial charge < -0.3 is 14.0 Å².